The fourth-order valence-electron chi connectivity index (χ4n) is 3.15. The lowest BCUT2D eigenvalue weighted by Gasteiger charge is -2.21. The Balaban J connectivity index is 1.38. The van der Waals surface area contributed by atoms with Crippen LogP contribution in [-0.4, -0.2) is 39.3 Å². The molecule has 2 aromatic carbocycles. The molecule has 0 radical (unpaired) electrons. The Labute approximate surface area is 207 Å². The molecule has 0 aliphatic carbocycles. The maximum atomic E-state index is 14.6. The smallest absolute Gasteiger partial charge is 0.407 e. The molecule has 1 N–H and O–H groups in total. The van der Waals surface area contributed by atoms with Crippen molar-refractivity contribution in [2.45, 2.75) is 45.9 Å². The van der Waals surface area contributed by atoms with Gasteiger partial charge in [0.25, 0.3) is 5.71 Å². The minimum absolute atomic E-state index is 0.0545. The molecule has 0 aliphatic heterocycles. The highest BCUT2D eigenvalue weighted by Crippen LogP contribution is 2.28. The Morgan fingerprint density at radius 2 is 1.89 bits per heavy atom. The zero-order chi connectivity index (χ0) is 25.7. The van der Waals surface area contributed by atoms with Crippen molar-refractivity contribution in [2.75, 3.05) is 6.61 Å². The van der Waals surface area contributed by atoms with E-state index in [4.69, 9.17) is 18.6 Å². The van der Waals surface area contributed by atoms with Gasteiger partial charge in [0.05, 0.1) is 12.2 Å². The van der Waals surface area contributed by atoms with Gasteiger partial charge in [-0.2, -0.15) is 4.98 Å². The molecular formula is C26H27FN4O5. The van der Waals surface area contributed by atoms with Crippen LogP contribution in [0.4, 0.5) is 9.18 Å². The number of aromatic nitrogens is 3. The first-order chi connectivity index (χ1) is 17.2. The number of hydrogen-bond donors (Lipinski definition) is 1. The fourth-order valence-corrected chi connectivity index (χ4v) is 3.15. The van der Waals surface area contributed by atoms with Gasteiger partial charge >= 0.3 is 12.1 Å². The van der Waals surface area contributed by atoms with E-state index < -0.39 is 17.5 Å². The summed E-state index contributed by atoms with van der Waals surface area (Å²) < 4.78 is 36.7. The first-order valence-electron chi connectivity index (χ1n) is 11.4. The van der Waals surface area contributed by atoms with Gasteiger partial charge in [-0.05, 0) is 51.5 Å². The van der Waals surface area contributed by atoms with E-state index in [0.717, 1.165) is 5.56 Å². The second-order valence-electron chi connectivity index (χ2n) is 9.14. The number of alkyl carbamates (subject to hydrolysis) is 1. The Bertz CT molecular complexity index is 1340. The molecule has 36 heavy (non-hydrogen) atoms. The largest absolute Gasteiger partial charge is 0.486 e. The molecule has 0 unspecified atom stereocenters. The van der Waals surface area contributed by atoms with Crippen LogP contribution in [0, 0.1) is 5.82 Å². The number of hydrogen-bond acceptors (Lipinski definition) is 8. The monoisotopic (exact) mass is 494 g/mol. The first-order valence-corrected chi connectivity index (χ1v) is 11.4. The van der Waals surface area contributed by atoms with Crippen molar-refractivity contribution in [3.05, 3.63) is 66.1 Å². The molecule has 188 valence electrons. The number of fused-ring (bicyclic) bond motifs is 1. The average Bonchev–Trinajstić information content (AvgIpc) is 3.25. The molecular weight excluding hydrogens is 467 g/mol. The van der Waals surface area contributed by atoms with Gasteiger partial charge < -0.3 is 23.9 Å². The normalized spacial score (nSPS) is 12.2. The summed E-state index contributed by atoms with van der Waals surface area (Å²) in [6.07, 6.45) is 0.906. The summed E-state index contributed by atoms with van der Waals surface area (Å²) in [6.45, 7) is 7.48. The lowest BCUT2D eigenvalue weighted by Crippen LogP contribution is -2.40. The number of carbonyl (C=O) groups is 1. The van der Waals surface area contributed by atoms with Crippen molar-refractivity contribution in [2.24, 2.45) is 0 Å². The van der Waals surface area contributed by atoms with E-state index >= 15 is 0 Å². The van der Waals surface area contributed by atoms with E-state index in [1.807, 2.05) is 30.3 Å². The van der Waals surface area contributed by atoms with E-state index in [9.17, 15) is 9.18 Å². The third-order valence-corrected chi connectivity index (χ3v) is 4.77. The van der Waals surface area contributed by atoms with Gasteiger partial charge in [-0.3, -0.25) is 0 Å². The fraction of sp³-hybridized carbons (Fsp3) is 0.308. The van der Waals surface area contributed by atoms with Crippen molar-refractivity contribution >= 4 is 17.3 Å². The van der Waals surface area contributed by atoms with Crippen molar-refractivity contribution in [3.8, 4) is 23.2 Å². The summed E-state index contributed by atoms with van der Waals surface area (Å²) in [7, 11) is 0. The van der Waals surface area contributed by atoms with Gasteiger partial charge in [-0.15, -0.1) is 0 Å². The molecule has 0 fully saturated rings. The highest BCUT2D eigenvalue weighted by atomic mass is 19.1. The lowest BCUT2D eigenvalue weighted by molar-refractivity contribution is 0.0492. The number of halogens is 1. The molecule has 0 bridgehead atoms. The van der Waals surface area contributed by atoms with Crippen LogP contribution >= 0.6 is 0 Å². The number of ether oxygens (including phenoxy) is 3. The van der Waals surface area contributed by atoms with Gasteiger partial charge in [-0.1, -0.05) is 30.3 Å². The molecule has 9 nitrogen and oxygen atoms in total. The SMILES string of the molecule is C[C@@H](COc1ncc2nc(-c3ccc(OCc4ccccc4)c(F)c3)oc2n1)NC(=O)OC(C)(C)C. The van der Waals surface area contributed by atoms with E-state index in [-0.39, 0.29) is 42.6 Å². The quantitative estimate of drug-likeness (QED) is 0.352. The van der Waals surface area contributed by atoms with Crippen molar-refractivity contribution < 1.29 is 27.8 Å². The molecule has 0 aliphatic rings. The van der Waals surface area contributed by atoms with Gasteiger partial charge in [0.1, 0.15) is 24.3 Å². The topological polar surface area (TPSA) is 109 Å². The van der Waals surface area contributed by atoms with Crippen LogP contribution in [0.3, 0.4) is 0 Å². The third kappa shape index (κ3) is 6.68. The molecule has 1 atom stereocenters. The molecule has 4 aromatic rings. The van der Waals surface area contributed by atoms with Crippen LogP contribution in [0.1, 0.15) is 33.3 Å². The summed E-state index contributed by atoms with van der Waals surface area (Å²) >= 11 is 0. The lowest BCUT2D eigenvalue weighted by atomic mass is 10.2. The zero-order valence-electron chi connectivity index (χ0n) is 20.4. The number of nitrogens with one attached hydrogen (secondary N) is 1. The molecule has 0 spiro atoms. The molecule has 2 heterocycles. The van der Waals surface area contributed by atoms with Gasteiger partial charge in [0, 0.05) is 5.56 Å². The molecule has 4 rings (SSSR count). The molecule has 0 saturated heterocycles. The van der Waals surface area contributed by atoms with Crippen molar-refractivity contribution in [3.63, 3.8) is 0 Å². The van der Waals surface area contributed by atoms with Crippen LogP contribution in [0.25, 0.3) is 22.7 Å². The number of rotatable bonds is 8. The second kappa shape index (κ2) is 10.6. The summed E-state index contributed by atoms with van der Waals surface area (Å²) in [6, 6.07) is 13.7. The number of nitrogens with zero attached hydrogens (tertiary/aromatic N) is 3. The third-order valence-electron chi connectivity index (χ3n) is 4.77. The zero-order valence-corrected chi connectivity index (χ0v) is 20.4. The van der Waals surface area contributed by atoms with Crippen LogP contribution in [-0.2, 0) is 11.3 Å². The number of benzene rings is 2. The first kappa shape index (κ1) is 24.9. The van der Waals surface area contributed by atoms with Crippen LogP contribution in [0.2, 0.25) is 0 Å². The van der Waals surface area contributed by atoms with E-state index in [2.05, 4.69) is 20.3 Å². The van der Waals surface area contributed by atoms with E-state index in [0.29, 0.717) is 11.1 Å². The molecule has 1 amide bonds. The van der Waals surface area contributed by atoms with Crippen LogP contribution in [0.15, 0.2) is 59.1 Å². The van der Waals surface area contributed by atoms with Gasteiger partial charge in [0.15, 0.2) is 11.6 Å². The van der Waals surface area contributed by atoms with Crippen LogP contribution < -0.4 is 14.8 Å². The minimum atomic E-state index is -0.596. The highest BCUT2D eigenvalue weighted by Gasteiger charge is 2.19. The Kier molecular flexibility index (Phi) is 7.33. The minimum Gasteiger partial charge on any atom is -0.486 e. The Hall–Kier alpha value is -4.21. The van der Waals surface area contributed by atoms with Crippen molar-refractivity contribution in [1.29, 1.82) is 0 Å². The maximum Gasteiger partial charge on any atom is 0.407 e. The van der Waals surface area contributed by atoms with Gasteiger partial charge in [0.2, 0.25) is 5.89 Å². The Morgan fingerprint density at radius 1 is 1.11 bits per heavy atom. The highest BCUT2D eigenvalue weighted by molar-refractivity contribution is 5.72. The van der Waals surface area contributed by atoms with E-state index in [1.165, 1.54) is 18.3 Å². The van der Waals surface area contributed by atoms with Crippen LogP contribution in [0.5, 0.6) is 11.8 Å². The Morgan fingerprint density at radius 3 is 2.61 bits per heavy atom. The molecule has 10 heteroatoms. The predicted octanol–water partition coefficient (Wildman–Crippen LogP) is 5.29. The summed E-state index contributed by atoms with van der Waals surface area (Å²) in [4.78, 5) is 24.5. The second-order valence-corrected chi connectivity index (χ2v) is 9.14. The summed E-state index contributed by atoms with van der Waals surface area (Å²) in [5.74, 6) is -0.222. The molecule has 2 aromatic heterocycles. The maximum absolute atomic E-state index is 14.6. The number of amides is 1. The summed E-state index contributed by atoms with van der Waals surface area (Å²) in [5.41, 5.74) is 1.35. The summed E-state index contributed by atoms with van der Waals surface area (Å²) in [5, 5.41) is 2.67. The number of carbonyl (C=O) groups excluding carboxylic acids is 1. The van der Waals surface area contributed by atoms with E-state index in [1.54, 1.807) is 33.8 Å². The van der Waals surface area contributed by atoms with Gasteiger partial charge in [-0.25, -0.2) is 19.2 Å². The average molecular weight is 495 g/mol. The standard InChI is InChI=1S/C26H27FN4O5/c1-16(29-25(32)36-26(2,3)4)14-34-24-28-13-20-23(31-24)35-22(30-20)18-10-11-21(19(27)12-18)33-15-17-8-6-5-7-9-17/h5-13,16H,14-15H2,1-4H3,(H,29,32)/t16-/m0/s1. The predicted molar refractivity (Wildman–Crippen MR) is 130 cm³/mol. The number of oxazole rings is 1. The molecule has 0 saturated carbocycles. The van der Waals surface area contributed by atoms with Crippen molar-refractivity contribution in [1.82, 2.24) is 20.3 Å².